The van der Waals surface area contributed by atoms with E-state index in [-0.39, 0.29) is 17.9 Å². The van der Waals surface area contributed by atoms with E-state index in [9.17, 15) is 4.79 Å². The molecule has 0 saturated carbocycles. The topological polar surface area (TPSA) is 91.1 Å². The lowest BCUT2D eigenvalue weighted by molar-refractivity contribution is 0.0930. The number of aliphatic hydroxyl groups excluding tert-OH is 1. The second-order valence-electron chi connectivity index (χ2n) is 5.83. The van der Waals surface area contributed by atoms with E-state index >= 15 is 0 Å². The Morgan fingerprint density at radius 1 is 1.45 bits per heavy atom. The number of rotatable bonds is 5. The minimum Gasteiger partial charge on any atom is -0.399 e. The van der Waals surface area contributed by atoms with Crippen molar-refractivity contribution in [3.63, 3.8) is 0 Å². The van der Waals surface area contributed by atoms with Gasteiger partial charge in [0, 0.05) is 35.9 Å². The van der Waals surface area contributed by atoms with E-state index in [1.165, 1.54) is 0 Å². The third kappa shape index (κ3) is 3.11. The first kappa shape index (κ1) is 14.4. The summed E-state index contributed by atoms with van der Waals surface area (Å²) in [7, 11) is 0. The molecule has 0 spiro atoms. The fraction of sp³-hybridized carbons (Fsp3) is 0.400. The lowest BCUT2D eigenvalue weighted by Crippen LogP contribution is -2.34. The Hall–Kier alpha value is -2.01. The number of amides is 1. The van der Waals surface area contributed by atoms with Crippen LogP contribution in [0.3, 0.4) is 0 Å². The van der Waals surface area contributed by atoms with Crippen molar-refractivity contribution in [2.45, 2.75) is 20.3 Å². The van der Waals surface area contributed by atoms with Gasteiger partial charge in [-0.2, -0.15) is 0 Å². The summed E-state index contributed by atoms with van der Waals surface area (Å²) in [6.45, 7) is 4.67. The number of hydrogen-bond acceptors (Lipinski definition) is 3. The van der Waals surface area contributed by atoms with Crippen molar-refractivity contribution in [2.75, 3.05) is 18.9 Å². The SMILES string of the molecule is CC(C)(CCO)CNC(=O)c1c[nH]c2cc(N)ccc12. The molecule has 5 nitrogen and oxygen atoms in total. The summed E-state index contributed by atoms with van der Waals surface area (Å²) in [6, 6.07) is 5.43. The number of anilines is 1. The average Bonchev–Trinajstić information content (AvgIpc) is 2.79. The van der Waals surface area contributed by atoms with Gasteiger partial charge in [0.25, 0.3) is 5.91 Å². The normalized spacial score (nSPS) is 11.8. The molecule has 108 valence electrons. The number of benzene rings is 1. The van der Waals surface area contributed by atoms with Crippen molar-refractivity contribution in [1.29, 1.82) is 0 Å². The molecule has 1 aromatic carbocycles. The predicted octanol–water partition coefficient (Wildman–Crippen LogP) is 1.89. The van der Waals surface area contributed by atoms with E-state index in [2.05, 4.69) is 10.3 Å². The third-order valence-electron chi connectivity index (χ3n) is 3.47. The lowest BCUT2D eigenvalue weighted by atomic mass is 9.89. The standard InChI is InChI=1S/C15H21N3O2/c1-15(2,5-6-19)9-18-14(20)12-8-17-13-7-10(16)3-4-11(12)13/h3-4,7-8,17,19H,5-6,9,16H2,1-2H3,(H,18,20). The number of hydrogen-bond donors (Lipinski definition) is 4. The second-order valence-corrected chi connectivity index (χ2v) is 5.83. The van der Waals surface area contributed by atoms with Gasteiger partial charge in [0.05, 0.1) is 5.56 Å². The van der Waals surface area contributed by atoms with Crippen LogP contribution in [-0.2, 0) is 0 Å². The number of nitrogen functional groups attached to an aromatic ring is 1. The molecular formula is C15H21N3O2. The Kier molecular flexibility index (Phi) is 3.99. The fourth-order valence-corrected chi connectivity index (χ4v) is 2.14. The number of nitrogens with two attached hydrogens (primary N) is 1. The van der Waals surface area contributed by atoms with E-state index in [0.29, 0.717) is 24.2 Å². The molecule has 0 saturated heterocycles. The van der Waals surface area contributed by atoms with Crippen LogP contribution in [0.4, 0.5) is 5.69 Å². The Morgan fingerprint density at radius 3 is 2.90 bits per heavy atom. The molecule has 5 heteroatoms. The first-order chi connectivity index (χ1) is 9.43. The smallest absolute Gasteiger partial charge is 0.253 e. The van der Waals surface area contributed by atoms with Crippen molar-refractivity contribution in [2.24, 2.45) is 5.41 Å². The summed E-state index contributed by atoms with van der Waals surface area (Å²) in [5.41, 5.74) is 7.72. The van der Waals surface area contributed by atoms with Gasteiger partial charge in [0.1, 0.15) is 0 Å². The molecule has 0 unspecified atom stereocenters. The van der Waals surface area contributed by atoms with Crippen LogP contribution in [0, 0.1) is 5.41 Å². The molecule has 0 radical (unpaired) electrons. The van der Waals surface area contributed by atoms with Gasteiger partial charge in [0.15, 0.2) is 0 Å². The molecule has 20 heavy (non-hydrogen) atoms. The summed E-state index contributed by atoms with van der Waals surface area (Å²) < 4.78 is 0. The van der Waals surface area contributed by atoms with Crippen molar-refractivity contribution < 1.29 is 9.90 Å². The van der Waals surface area contributed by atoms with Crippen molar-refractivity contribution in [3.8, 4) is 0 Å². The molecule has 1 heterocycles. The summed E-state index contributed by atoms with van der Waals surface area (Å²) in [6.07, 6.45) is 2.34. The molecule has 0 atom stereocenters. The van der Waals surface area contributed by atoms with Crippen LogP contribution >= 0.6 is 0 Å². The monoisotopic (exact) mass is 275 g/mol. The van der Waals surface area contributed by atoms with Gasteiger partial charge in [-0.05, 0) is 30.0 Å². The van der Waals surface area contributed by atoms with Gasteiger partial charge in [-0.15, -0.1) is 0 Å². The Balaban J connectivity index is 2.12. The van der Waals surface area contributed by atoms with E-state index in [4.69, 9.17) is 10.8 Å². The first-order valence-corrected chi connectivity index (χ1v) is 6.69. The minimum atomic E-state index is -0.124. The molecular weight excluding hydrogens is 254 g/mol. The maximum atomic E-state index is 12.2. The van der Waals surface area contributed by atoms with Crippen molar-refractivity contribution in [3.05, 3.63) is 30.0 Å². The molecule has 0 aliphatic rings. The summed E-state index contributed by atoms with van der Waals surface area (Å²) in [5, 5.41) is 12.8. The van der Waals surface area contributed by atoms with E-state index < -0.39 is 0 Å². The van der Waals surface area contributed by atoms with Gasteiger partial charge in [-0.1, -0.05) is 13.8 Å². The van der Waals surface area contributed by atoms with Crippen molar-refractivity contribution in [1.82, 2.24) is 10.3 Å². The highest BCUT2D eigenvalue weighted by atomic mass is 16.3. The minimum absolute atomic E-state index is 0.118. The van der Waals surface area contributed by atoms with Crippen LogP contribution in [-0.4, -0.2) is 29.1 Å². The third-order valence-corrected chi connectivity index (χ3v) is 3.47. The van der Waals surface area contributed by atoms with Gasteiger partial charge < -0.3 is 21.1 Å². The number of H-pyrrole nitrogens is 1. The highest BCUT2D eigenvalue weighted by Crippen LogP contribution is 2.22. The summed E-state index contributed by atoms with van der Waals surface area (Å²) >= 11 is 0. The maximum Gasteiger partial charge on any atom is 0.253 e. The number of aliphatic hydroxyl groups is 1. The number of carbonyl (C=O) groups excluding carboxylic acids is 1. The molecule has 0 fully saturated rings. The Labute approximate surface area is 118 Å². The van der Waals surface area contributed by atoms with E-state index in [0.717, 1.165) is 10.9 Å². The zero-order chi connectivity index (χ0) is 14.8. The molecule has 1 aromatic heterocycles. The average molecular weight is 275 g/mol. The number of aromatic amines is 1. The number of carbonyl (C=O) groups is 1. The molecule has 2 rings (SSSR count). The van der Waals surface area contributed by atoms with Crippen LogP contribution in [0.15, 0.2) is 24.4 Å². The van der Waals surface area contributed by atoms with Gasteiger partial charge in [0.2, 0.25) is 0 Å². The summed E-state index contributed by atoms with van der Waals surface area (Å²) in [5.74, 6) is -0.118. The zero-order valence-corrected chi connectivity index (χ0v) is 11.9. The Morgan fingerprint density at radius 2 is 2.20 bits per heavy atom. The van der Waals surface area contributed by atoms with E-state index in [1.807, 2.05) is 26.0 Å². The van der Waals surface area contributed by atoms with Crippen LogP contribution in [0.5, 0.6) is 0 Å². The molecule has 1 amide bonds. The molecule has 0 bridgehead atoms. The Bertz CT molecular complexity index is 617. The highest BCUT2D eigenvalue weighted by molar-refractivity contribution is 6.07. The fourth-order valence-electron chi connectivity index (χ4n) is 2.14. The lowest BCUT2D eigenvalue weighted by Gasteiger charge is -2.23. The van der Waals surface area contributed by atoms with Gasteiger partial charge in [-0.25, -0.2) is 0 Å². The maximum absolute atomic E-state index is 12.2. The molecule has 2 aromatic rings. The first-order valence-electron chi connectivity index (χ1n) is 6.69. The van der Waals surface area contributed by atoms with Crippen LogP contribution in [0.1, 0.15) is 30.6 Å². The highest BCUT2D eigenvalue weighted by Gasteiger charge is 2.19. The molecule has 5 N–H and O–H groups in total. The number of aromatic nitrogens is 1. The van der Waals surface area contributed by atoms with E-state index in [1.54, 1.807) is 12.3 Å². The van der Waals surface area contributed by atoms with Crippen LogP contribution in [0.25, 0.3) is 10.9 Å². The zero-order valence-electron chi connectivity index (χ0n) is 11.9. The molecule has 0 aliphatic heterocycles. The number of fused-ring (bicyclic) bond motifs is 1. The van der Waals surface area contributed by atoms with Crippen LogP contribution < -0.4 is 11.1 Å². The van der Waals surface area contributed by atoms with Gasteiger partial charge >= 0.3 is 0 Å². The predicted molar refractivity (Wildman–Crippen MR) is 80.5 cm³/mol. The van der Waals surface area contributed by atoms with Crippen LogP contribution in [0.2, 0.25) is 0 Å². The van der Waals surface area contributed by atoms with Gasteiger partial charge in [-0.3, -0.25) is 4.79 Å². The second kappa shape index (κ2) is 5.54. The molecule has 0 aliphatic carbocycles. The quantitative estimate of drug-likeness (QED) is 0.628. The van der Waals surface area contributed by atoms with Crippen molar-refractivity contribution >= 4 is 22.5 Å². The summed E-state index contributed by atoms with van der Waals surface area (Å²) in [4.78, 5) is 15.3. The largest absolute Gasteiger partial charge is 0.399 e. The number of nitrogens with one attached hydrogen (secondary N) is 2.